The van der Waals surface area contributed by atoms with Gasteiger partial charge in [-0.15, -0.1) is 0 Å². The predicted molar refractivity (Wildman–Crippen MR) is 70.1 cm³/mol. The second kappa shape index (κ2) is 7.79. The smallest absolute Gasteiger partial charge is 0.236 e. The van der Waals surface area contributed by atoms with Crippen molar-refractivity contribution in [2.24, 2.45) is 0 Å². The average Bonchev–Trinajstić information content (AvgIpc) is 2.39. The normalized spacial score (nSPS) is 13.9. The van der Waals surface area contributed by atoms with Gasteiger partial charge in [0.2, 0.25) is 5.91 Å². The Bertz CT molecular complexity index is 357. The lowest BCUT2D eigenvalue weighted by molar-refractivity contribution is -0.123. The van der Waals surface area contributed by atoms with Crippen LogP contribution in [0, 0.1) is 0 Å². The highest BCUT2D eigenvalue weighted by Gasteiger charge is 2.15. The number of carbonyl (C=O) groups excluding carboxylic acids is 1. The van der Waals surface area contributed by atoms with Crippen LogP contribution in [0.15, 0.2) is 24.5 Å². The van der Waals surface area contributed by atoms with Crippen LogP contribution in [0.25, 0.3) is 0 Å². The van der Waals surface area contributed by atoms with E-state index >= 15 is 0 Å². The molecule has 2 atom stereocenters. The van der Waals surface area contributed by atoms with Gasteiger partial charge in [-0.2, -0.15) is 0 Å². The number of aromatic nitrogens is 1. The van der Waals surface area contributed by atoms with E-state index in [0.717, 1.165) is 5.56 Å². The average molecular weight is 251 g/mol. The Labute approximate surface area is 108 Å². The summed E-state index contributed by atoms with van der Waals surface area (Å²) >= 11 is 0. The summed E-state index contributed by atoms with van der Waals surface area (Å²) in [5.74, 6) is -0.0252. The molecule has 0 fully saturated rings. The zero-order chi connectivity index (χ0) is 13.4. The van der Waals surface area contributed by atoms with Crippen molar-refractivity contribution in [2.45, 2.75) is 25.9 Å². The van der Waals surface area contributed by atoms with Gasteiger partial charge in [-0.1, -0.05) is 6.07 Å². The highest BCUT2D eigenvalue weighted by atomic mass is 16.5. The topological polar surface area (TPSA) is 63.2 Å². The van der Waals surface area contributed by atoms with E-state index in [1.165, 1.54) is 0 Å². The fourth-order valence-corrected chi connectivity index (χ4v) is 1.61. The van der Waals surface area contributed by atoms with Crippen molar-refractivity contribution >= 4 is 5.91 Å². The Kier molecular flexibility index (Phi) is 6.32. The zero-order valence-electron chi connectivity index (χ0n) is 11.1. The maximum atomic E-state index is 11.7. The van der Waals surface area contributed by atoms with Crippen molar-refractivity contribution < 1.29 is 9.53 Å². The number of hydrogen-bond acceptors (Lipinski definition) is 4. The number of methoxy groups -OCH3 is 1. The molecule has 0 spiro atoms. The second-order valence-corrected chi connectivity index (χ2v) is 4.18. The zero-order valence-corrected chi connectivity index (χ0v) is 11.1. The van der Waals surface area contributed by atoms with Crippen molar-refractivity contribution in [3.8, 4) is 0 Å². The van der Waals surface area contributed by atoms with E-state index in [1.807, 2.05) is 26.0 Å². The van der Waals surface area contributed by atoms with E-state index in [1.54, 1.807) is 19.5 Å². The molecule has 1 aromatic heterocycles. The molecular formula is C13H21N3O2. The van der Waals surface area contributed by atoms with E-state index in [4.69, 9.17) is 4.74 Å². The Morgan fingerprint density at radius 1 is 1.50 bits per heavy atom. The van der Waals surface area contributed by atoms with Gasteiger partial charge in [0, 0.05) is 32.1 Å². The number of nitrogens with one attached hydrogen (secondary N) is 2. The molecule has 1 rings (SSSR count). The van der Waals surface area contributed by atoms with Crippen LogP contribution in [0.2, 0.25) is 0 Å². The van der Waals surface area contributed by atoms with Gasteiger partial charge in [0.15, 0.2) is 0 Å². The summed E-state index contributed by atoms with van der Waals surface area (Å²) in [6.45, 7) is 4.91. The summed E-state index contributed by atoms with van der Waals surface area (Å²) in [4.78, 5) is 15.8. The first-order valence-corrected chi connectivity index (χ1v) is 6.07. The Balaban J connectivity index is 2.39. The molecule has 5 heteroatoms. The third-order valence-electron chi connectivity index (χ3n) is 2.68. The van der Waals surface area contributed by atoms with Gasteiger partial charge < -0.3 is 10.1 Å². The molecule has 0 radical (unpaired) electrons. The Morgan fingerprint density at radius 2 is 2.28 bits per heavy atom. The van der Waals surface area contributed by atoms with Crippen LogP contribution in [0.3, 0.4) is 0 Å². The van der Waals surface area contributed by atoms with Crippen LogP contribution in [0.5, 0.6) is 0 Å². The minimum absolute atomic E-state index is 0.0252. The van der Waals surface area contributed by atoms with Crippen LogP contribution >= 0.6 is 0 Å². The van der Waals surface area contributed by atoms with Crippen LogP contribution < -0.4 is 10.6 Å². The molecule has 0 saturated carbocycles. The molecule has 1 heterocycles. The number of pyridine rings is 1. The number of hydrogen-bond donors (Lipinski definition) is 2. The van der Waals surface area contributed by atoms with Gasteiger partial charge in [-0.3, -0.25) is 15.1 Å². The molecule has 1 amide bonds. The van der Waals surface area contributed by atoms with Gasteiger partial charge in [-0.05, 0) is 25.5 Å². The lowest BCUT2D eigenvalue weighted by Crippen LogP contribution is -2.44. The minimum atomic E-state index is -0.253. The van der Waals surface area contributed by atoms with E-state index in [0.29, 0.717) is 13.2 Å². The molecule has 0 aliphatic rings. The van der Waals surface area contributed by atoms with Crippen molar-refractivity contribution in [1.29, 1.82) is 0 Å². The van der Waals surface area contributed by atoms with Gasteiger partial charge >= 0.3 is 0 Å². The summed E-state index contributed by atoms with van der Waals surface area (Å²) in [6.07, 6.45) is 3.53. The van der Waals surface area contributed by atoms with Gasteiger partial charge in [0.1, 0.15) is 0 Å². The lowest BCUT2D eigenvalue weighted by atomic mass is 10.1. The SMILES string of the molecule is COCCNC(=O)C(C)N[C@@H](C)c1cccnc1. The van der Waals surface area contributed by atoms with Crippen molar-refractivity contribution in [3.63, 3.8) is 0 Å². The maximum Gasteiger partial charge on any atom is 0.236 e. The van der Waals surface area contributed by atoms with Gasteiger partial charge in [0.05, 0.1) is 12.6 Å². The number of ether oxygens (including phenoxy) is 1. The molecule has 100 valence electrons. The quantitative estimate of drug-likeness (QED) is 0.706. The fraction of sp³-hybridized carbons (Fsp3) is 0.538. The van der Waals surface area contributed by atoms with E-state index in [-0.39, 0.29) is 18.0 Å². The van der Waals surface area contributed by atoms with E-state index in [2.05, 4.69) is 15.6 Å². The van der Waals surface area contributed by atoms with Crippen LogP contribution in [-0.4, -0.2) is 37.2 Å². The van der Waals surface area contributed by atoms with Gasteiger partial charge in [0.25, 0.3) is 0 Å². The molecule has 1 unspecified atom stereocenters. The molecule has 1 aromatic rings. The molecule has 2 N–H and O–H groups in total. The summed E-state index contributed by atoms with van der Waals surface area (Å²) in [5, 5.41) is 6.03. The van der Waals surface area contributed by atoms with Crippen molar-refractivity contribution in [1.82, 2.24) is 15.6 Å². The first kappa shape index (κ1) is 14.6. The molecule has 18 heavy (non-hydrogen) atoms. The minimum Gasteiger partial charge on any atom is -0.383 e. The number of nitrogens with zero attached hydrogens (tertiary/aromatic N) is 1. The Morgan fingerprint density at radius 3 is 2.89 bits per heavy atom. The summed E-state index contributed by atoms with van der Waals surface area (Å²) in [5.41, 5.74) is 1.06. The third kappa shape index (κ3) is 4.81. The number of rotatable bonds is 7. The second-order valence-electron chi connectivity index (χ2n) is 4.18. The molecule has 0 aliphatic carbocycles. The first-order chi connectivity index (χ1) is 8.65. The monoisotopic (exact) mass is 251 g/mol. The fourth-order valence-electron chi connectivity index (χ4n) is 1.61. The maximum absolute atomic E-state index is 11.7. The molecule has 0 bridgehead atoms. The van der Waals surface area contributed by atoms with Crippen LogP contribution in [-0.2, 0) is 9.53 Å². The summed E-state index contributed by atoms with van der Waals surface area (Å²) < 4.78 is 4.88. The molecule has 5 nitrogen and oxygen atoms in total. The van der Waals surface area contributed by atoms with E-state index < -0.39 is 0 Å². The number of amides is 1. The van der Waals surface area contributed by atoms with E-state index in [9.17, 15) is 4.79 Å². The predicted octanol–water partition coefficient (Wildman–Crippen LogP) is 0.883. The highest BCUT2D eigenvalue weighted by molar-refractivity contribution is 5.81. The molecule has 0 aromatic carbocycles. The molecular weight excluding hydrogens is 230 g/mol. The lowest BCUT2D eigenvalue weighted by Gasteiger charge is -2.19. The van der Waals surface area contributed by atoms with Gasteiger partial charge in [-0.25, -0.2) is 0 Å². The third-order valence-corrected chi connectivity index (χ3v) is 2.68. The summed E-state index contributed by atoms with van der Waals surface area (Å²) in [7, 11) is 1.61. The number of carbonyl (C=O) groups is 1. The van der Waals surface area contributed by atoms with Crippen LogP contribution in [0.1, 0.15) is 25.5 Å². The largest absolute Gasteiger partial charge is 0.383 e. The van der Waals surface area contributed by atoms with Crippen molar-refractivity contribution in [2.75, 3.05) is 20.3 Å². The first-order valence-electron chi connectivity index (χ1n) is 6.07. The molecule has 0 aliphatic heterocycles. The highest BCUT2D eigenvalue weighted by Crippen LogP contribution is 2.10. The summed E-state index contributed by atoms with van der Waals surface area (Å²) in [6, 6.07) is 3.70. The molecule has 0 saturated heterocycles. The standard InChI is InChI=1S/C13H21N3O2/c1-10(12-5-4-6-14-9-12)16-11(2)13(17)15-7-8-18-3/h4-6,9-11,16H,7-8H2,1-3H3,(H,15,17)/t10-,11?/m0/s1. The van der Waals surface area contributed by atoms with Crippen molar-refractivity contribution in [3.05, 3.63) is 30.1 Å². The van der Waals surface area contributed by atoms with Crippen LogP contribution in [0.4, 0.5) is 0 Å². The Hall–Kier alpha value is -1.46.